The van der Waals surface area contributed by atoms with Crippen molar-refractivity contribution in [3.05, 3.63) is 28.8 Å². The van der Waals surface area contributed by atoms with Crippen molar-refractivity contribution < 1.29 is 28.7 Å². The molecule has 7 nitrogen and oxygen atoms in total. The smallest absolute Gasteiger partial charge is 0.461 e. The lowest BCUT2D eigenvalue weighted by Gasteiger charge is -2.27. The van der Waals surface area contributed by atoms with Gasteiger partial charge in [-0.15, -0.1) is 0 Å². The molecule has 2 heterocycles. The normalized spacial score (nSPS) is 18.3. The van der Waals surface area contributed by atoms with Gasteiger partial charge in [-0.1, -0.05) is 19.9 Å². The standard InChI is InChI=1S/C19H26BNO6/c1-11(2)17(19(23)27-14-6-8-25-9-7-14)21-18(22)15-5-4-13-10-26-20(24)16(13)12(15)3/h4-5,11,14,17,24H,6-10H2,1-3H3,(H,21,22). The van der Waals surface area contributed by atoms with Gasteiger partial charge in [-0.3, -0.25) is 4.79 Å². The summed E-state index contributed by atoms with van der Waals surface area (Å²) in [5, 5.41) is 12.8. The van der Waals surface area contributed by atoms with Gasteiger partial charge in [0.15, 0.2) is 0 Å². The number of amides is 1. The number of hydrogen-bond donors (Lipinski definition) is 2. The average molecular weight is 375 g/mol. The van der Waals surface area contributed by atoms with Crippen molar-refractivity contribution in [1.29, 1.82) is 0 Å². The molecule has 0 saturated carbocycles. The fraction of sp³-hybridized carbons (Fsp3) is 0.579. The Morgan fingerprint density at radius 1 is 1.30 bits per heavy atom. The van der Waals surface area contributed by atoms with Gasteiger partial charge >= 0.3 is 13.1 Å². The van der Waals surface area contributed by atoms with Crippen LogP contribution in [0.15, 0.2) is 12.1 Å². The summed E-state index contributed by atoms with van der Waals surface area (Å²) in [6.07, 6.45) is 1.18. The molecule has 0 aromatic heterocycles. The summed E-state index contributed by atoms with van der Waals surface area (Å²) in [6.45, 7) is 6.99. The minimum atomic E-state index is -1.02. The van der Waals surface area contributed by atoms with Crippen molar-refractivity contribution in [1.82, 2.24) is 5.32 Å². The third-order valence-corrected chi connectivity index (χ3v) is 5.15. The molecule has 0 aliphatic carbocycles. The Morgan fingerprint density at radius 2 is 2.00 bits per heavy atom. The van der Waals surface area contributed by atoms with E-state index < -0.39 is 19.1 Å². The second-order valence-electron chi connectivity index (χ2n) is 7.42. The van der Waals surface area contributed by atoms with Crippen LogP contribution in [0.25, 0.3) is 0 Å². The predicted octanol–water partition coefficient (Wildman–Crippen LogP) is 0.689. The van der Waals surface area contributed by atoms with E-state index in [2.05, 4.69) is 5.32 Å². The fourth-order valence-corrected chi connectivity index (χ4v) is 3.50. The van der Waals surface area contributed by atoms with Crippen molar-refractivity contribution in [3.8, 4) is 0 Å². The molecule has 3 rings (SSSR count). The van der Waals surface area contributed by atoms with E-state index in [9.17, 15) is 14.6 Å². The Bertz CT molecular complexity index is 716. The molecular weight excluding hydrogens is 349 g/mol. The van der Waals surface area contributed by atoms with Crippen LogP contribution in [0.4, 0.5) is 0 Å². The van der Waals surface area contributed by atoms with E-state index >= 15 is 0 Å². The Labute approximate surface area is 159 Å². The van der Waals surface area contributed by atoms with Crippen LogP contribution in [0.2, 0.25) is 0 Å². The molecule has 1 fully saturated rings. The zero-order valence-corrected chi connectivity index (χ0v) is 16.0. The zero-order valence-electron chi connectivity index (χ0n) is 16.0. The van der Waals surface area contributed by atoms with Crippen LogP contribution in [0, 0.1) is 12.8 Å². The molecule has 1 aromatic rings. The number of benzene rings is 1. The summed E-state index contributed by atoms with van der Waals surface area (Å²) in [6, 6.07) is 2.73. The van der Waals surface area contributed by atoms with Crippen molar-refractivity contribution >= 4 is 24.5 Å². The molecule has 1 amide bonds. The van der Waals surface area contributed by atoms with Crippen molar-refractivity contribution in [2.24, 2.45) is 5.92 Å². The van der Waals surface area contributed by atoms with Crippen LogP contribution in [0.5, 0.6) is 0 Å². The first-order valence-corrected chi connectivity index (χ1v) is 9.39. The molecule has 1 aromatic carbocycles. The van der Waals surface area contributed by atoms with E-state index in [4.69, 9.17) is 14.1 Å². The molecule has 1 atom stereocenters. The second-order valence-corrected chi connectivity index (χ2v) is 7.42. The minimum Gasteiger partial charge on any atom is -0.461 e. The van der Waals surface area contributed by atoms with Crippen molar-refractivity contribution in [2.45, 2.75) is 52.4 Å². The first-order valence-electron chi connectivity index (χ1n) is 9.39. The van der Waals surface area contributed by atoms with Crippen molar-refractivity contribution in [3.63, 3.8) is 0 Å². The summed E-state index contributed by atoms with van der Waals surface area (Å²) in [5.41, 5.74) is 2.59. The highest BCUT2D eigenvalue weighted by molar-refractivity contribution is 6.62. The third kappa shape index (κ3) is 4.34. The lowest BCUT2D eigenvalue weighted by Crippen LogP contribution is -2.47. The Hall–Kier alpha value is -1.90. The Morgan fingerprint density at radius 3 is 2.67 bits per heavy atom. The molecular formula is C19H26BNO6. The monoisotopic (exact) mass is 375 g/mol. The van der Waals surface area contributed by atoms with Crippen molar-refractivity contribution in [2.75, 3.05) is 13.2 Å². The molecule has 27 heavy (non-hydrogen) atoms. The highest BCUT2D eigenvalue weighted by atomic mass is 16.6. The van der Waals surface area contributed by atoms with Crippen LogP contribution < -0.4 is 10.8 Å². The Kier molecular flexibility index (Phi) is 6.19. The van der Waals surface area contributed by atoms with Gasteiger partial charge in [-0.2, -0.15) is 0 Å². The Balaban J connectivity index is 1.72. The van der Waals surface area contributed by atoms with E-state index in [1.54, 1.807) is 19.1 Å². The van der Waals surface area contributed by atoms with Gasteiger partial charge < -0.3 is 24.5 Å². The number of rotatable bonds is 5. The first kappa shape index (κ1) is 19.9. The van der Waals surface area contributed by atoms with Crippen LogP contribution in [-0.2, 0) is 25.5 Å². The number of carbonyl (C=O) groups excluding carboxylic acids is 2. The maximum Gasteiger partial charge on any atom is 0.492 e. The quantitative estimate of drug-likeness (QED) is 0.581. The zero-order chi connectivity index (χ0) is 19.6. The fourth-order valence-electron chi connectivity index (χ4n) is 3.50. The van der Waals surface area contributed by atoms with E-state index in [1.807, 2.05) is 13.8 Å². The number of nitrogens with one attached hydrogen (secondary N) is 1. The highest BCUT2D eigenvalue weighted by Crippen LogP contribution is 2.18. The van der Waals surface area contributed by atoms with Gasteiger partial charge in [0.05, 0.1) is 19.8 Å². The van der Waals surface area contributed by atoms with Crippen LogP contribution in [0.1, 0.15) is 48.2 Å². The molecule has 146 valence electrons. The topological polar surface area (TPSA) is 94.1 Å². The number of esters is 1. The lowest BCUT2D eigenvalue weighted by atomic mass is 9.75. The number of ether oxygens (including phenoxy) is 2. The molecule has 8 heteroatoms. The molecule has 2 aliphatic heterocycles. The summed E-state index contributed by atoms with van der Waals surface area (Å²) in [4.78, 5) is 25.4. The molecule has 0 bridgehead atoms. The highest BCUT2D eigenvalue weighted by Gasteiger charge is 2.33. The largest absolute Gasteiger partial charge is 0.492 e. The number of fused-ring (bicyclic) bond motifs is 1. The SMILES string of the molecule is Cc1c(C(=O)NC(C(=O)OC2CCOCC2)C(C)C)ccc2c1B(O)OC2. The van der Waals surface area contributed by atoms with E-state index in [-0.39, 0.29) is 17.9 Å². The average Bonchev–Trinajstić information content (AvgIpc) is 3.02. The van der Waals surface area contributed by atoms with E-state index in [0.29, 0.717) is 49.3 Å². The lowest BCUT2D eigenvalue weighted by molar-refractivity contribution is -0.156. The summed E-state index contributed by atoms with van der Waals surface area (Å²) >= 11 is 0. The molecule has 1 saturated heterocycles. The molecule has 2 N–H and O–H groups in total. The summed E-state index contributed by atoms with van der Waals surface area (Å²) in [5.74, 6) is -0.908. The van der Waals surface area contributed by atoms with Crippen LogP contribution >= 0.6 is 0 Å². The minimum absolute atomic E-state index is 0.120. The third-order valence-electron chi connectivity index (χ3n) is 5.15. The van der Waals surface area contributed by atoms with Gasteiger partial charge in [-0.05, 0) is 35.5 Å². The predicted molar refractivity (Wildman–Crippen MR) is 99.6 cm³/mol. The van der Waals surface area contributed by atoms with Crippen LogP contribution in [-0.4, -0.2) is 49.4 Å². The number of carbonyl (C=O) groups is 2. The van der Waals surface area contributed by atoms with Gasteiger partial charge in [0.1, 0.15) is 12.1 Å². The summed E-state index contributed by atoms with van der Waals surface area (Å²) < 4.78 is 16.1. The maximum atomic E-state index is 12.8. The van der Waals surface area contributed by atoms with E-state index in [1.165, 1.54) is 0 Å². The first-order chi connectivity index (χ1) is 12.9. The van der Waals surface area contributed by atoms with Gasteiger partial charge in [0, 0.05) is 18.4 Å². The molecule has 1 unspecified atom stereocenters. The van der Waals surface area contributed by atoms with Crippen LogP contribution in [0.3, 0.4) is 0 Å². The van der Waals surface area contributed by atoms with Gasteiger partial charge in [-0.25, -0.2) is 4.79 Å². The molecule has 0 radical (unpaired) electrons. The molecule has 0 spiro atoms. The second kappa shape index (κ2) is 8.41. The maximum absolute atomic E-state index is 12.8. The number of hydrogen-bond acceptors (Lipinski definition) is 6. The van der Waals surface area contributed by atoms with Gasteiger partial charge in [0.2, 0.25) is 0 Å². The molecule has 2 aliphatic rings. The van der Waals surface area contributed by atoms with E-state index in [0.717, 1.165) is 5.56 Å². The summed E-state index contributed by atoms with van der Waals surface area (Å²) in [7, 11) is -1.02. The van der Waals surface area contributed by atoms with Gasteiger partial charge in [0.25, 0.3) is 5.91 Å².